The van der Waals surface area contributed by atoms with Crippen molar-refractivity contribution in [3.05, 3.63) is 41.4 Å². The van der Waals surface area contributed by atoms with Gasteiger partial charge in [-0.3, -0.25) is 4.79 Å². The average molecular weight is 351 g/mol. The molecule has 24 heavy (non-hydrogen) atoms. The Labute approximate surface area is 147 Å². The quantitative estimate of drug-likeness (QED) is 0.697. The average Bonchev–Trinajstić information content (AvgIpc) is 3.01. The van der Waals surface area contributed by atoms with Crippen LogP contribution in [0.5, 0.6) is 0 Å². The number of carbonyl (C=O) groups excluding carboxylic acids is 1. The van der Waals surface area contributed by atoms with Gasteiger partial charge in [0.2, 0.25) is 5.91 Å². The highest BCUT2D eigenvalue weighted by Crippen LogP contribution is 2.28. The van der Waals surface area contributed by atoms with Crippen molar-refractivity contribution in [2.45, 2.75) is 39.2 Å². The van der Waals surface area contributed by atoms with Crippen LogP contribution in [0.1, 0.15) is 32.6 Å². The molecule has 0 aliphatic heterocycles. The molecule has 0 aliphatic carbocycles. The van der Waals surface area contributed by atoms with Gasteiger partial charge < -0.3 is 14.5 Å². The molecule has 2 rings (SSSR count). The fraction of sp³-hybridized carbons (Fsp3) is 0.444. The summed E-state index contributed by atoms with van der Waals surface area (Å²) in [7, 11) is 0. The zero-order valence-corrected chi connectivity index (χ0v) is 14.8. The van der Waals surface area contributed by atoms with Gasteiger partial charge in [0, 0.05) is 31.6 Å². The van der Waals surface area contributed by atoms with Crippen molar-refractivity contribution in [1.82, 2.24) is 10.3 Å². The summed E-state index contributed by atoms with van der Waals surface area (Å²) < 4.78 is 11.1. The molecule has 0 atom stereocenters. The number of nitrogens with one attached hydrogen (secondary N) is 1. The van der Waals surface area contributed by atoms with Crippen LogP contribution >= 0.6 is 11.6 Å². The molecule has 5 nitrogen and oxygen atoms in total. The van der Waals surface area contributed by atoms with Crippen molar-refractivity contribution in [2.75, 3.05) is 13.2 Å². The molecule has 0 aliphatic rings. The maximum Gasteiger partial charge on any atom is 0.220 e. The summed E-state index contributed by atoms with van der Waals surface area (Å²) in [6.07, 6.45) is 3.46. The minimum atomic E-state index is -0.0166. The first kappa shape index (κ1) is 18.5. The highest BCUT2D eigenvalue weighted by atomic mass is 35.5. The molecular formula is C18H23ClN2O3. The molecule has 0 fully saturated rings. The molecule has 1 heterocycles. The van der Waals surface area contributed by atoms with Crippen molar-refractivity contribution in [2.24, 2.45) is 0 Å². The van der Waals surface area contributed by atoms with Gasteiger partial charge in [-0.1, -0.05) is 23.7 Å². The molecule has 0 unspecified atom stereocenters. The third kappa shape index (κ3) is 5.98. The smallest absolute Gasteiger partial charge is 0.220 e. The van der Waals surface area contributed by atoms with Crippen molar-refractivity contribution < 1.29 is 13.9 Å². The van der Waals surface area contributed by atoms with E-state index in [9.17, 15) is 4.79 Å². The van der Waals surface area contributed by atoms with Gasteiger partial charge in [0.15, 0.2) is 11.7 Å². The van der Waals surface area contributed by atoms with Gasteiger partial charge in [0.1, 0.15) is 0 Å². The summed E-state index contributed by atoms with van der Waals surface area (Å²) in [6.45, 7) is 5.25. The molecule has 0 saturated carbocycles. The van der Waals surface area contributed by atoms with Gasteiger partial charge in [-0.05, 0) is 32.4 Å². The molecule has 2 aromatic rings. The van der Waals surface area contributed by atoms with Crippen LogP contribution in [0, 0.1) is 0 Å². The van der Waals surface area contributed by atoms with E-state index >= 15 is 0 Å². The fourth-order valence-corrected chi connectivity index (χ4v) is 2.37. The van der Waals surface area contributed by atoms with Crippen LogP contribution in [0.2, 0.25) is 5.02 Å². The molecular weight excluding hydrogens is 328 g/mol. The maximum atomic E-state index is 11.8. The maximum absolute atomic E-state index is 11.8. The number of oxazole rings is 1. The van der Waals surface area contributed by atoms with Crippen LogP contribution in [0.25, 0.3) is 11.3 Å². The standard InChI is InChI=1S/C18H23ClN2O3/c1-13(2)23-11-5-10-20-17(22)8-9-18-21-12-16(24-18)14-6-3-4-7-15(14)19/h3-4,6-7,12-13H,5,8-11H2,1-2H3,(H,20,22). The Balaban J connectivity index is 1.73. The molecule has 0 spiro atoms. The van der Waals surface area contributed by atoms with Gasteiger partial charge in [-0.2, -0.15) is 0 Å². The van der Waals surface area contributed by atoms with Crippen LogP contribution in [0.15, 0.2) is 34.9 Å². The summed E-state index contributed by atoms with van der Waals surface area (Å²) in [5.74, 6) is 1.13. The van der Waals surface area contributed by atoms with Gasteiger partial charge in [0.05, 0.1) is 17.3 Å². The molecule has 1 amide bonds. The second-order valence-electron chi connectivity index (χ2n) is 5.72. The Morgan fingerprint density at radius 1 is 1.38 bits per heavy atom. The molecule has 1 N–H and O–H groups in total. The van der Waals surface area contributed by atoms with Crippen molar-refractivity contribution in [3.8, 4) is 11.3 Å². The SMILES string of the molecule is CC(C)OCCCNC(=O)CCc1ncc(-c2ccccc2Cl)o1. The Hall–Kier alpha value is -1.85. The van der Waals surface area contributed by atoms with Gasteiger partial charge in [-0.25, -0.2) is 4.98 Å². The second-order valence-corrected chi connectivity index (χ2v) is 6.13. The van der Waals surface area contributed by atoms with Crippen LogP contribution in [0.4, 0.5) is 0 Å². The van der Waals surface area contributed by atoms with Gasteiger partial charge in [-0.15, -0.1) is 0 Å². The molecule has 1 aromatic heterocycles. The Kier molecular flexibility index (Phi) is 7.28. The van der Waals surface area contributed by atoms with Crippen LogP contribution in [0.3, 0.4) is 0 Å². The number of rotatable bonds is 9. The van der Waals surface area contributed by atoms with E-state index in [1.54, 1.807) is 12.3 Å². The zero-order valence-electron chi connectivity index (χ0n) is 14.0. The van der Waals surface area contributed by atoms with Crippen LogP contribution < -0.4 is 5.32 Å². The topological polar surface area (TPSA) is 64.4 Å². The molecule has 0 radical (unpaired) electrons. The summed E-state index contributed by atoms with van der Waals surface area (Å²) >= 11 is 6.14. The molecule has 1 aromatic carbocycles. The lowest BCUT2D eigenvalue weighted by molar-refractivity contribution is -0.121. The van der Waals surface area contributed by atoms with Crippen molar-refractivity contribution in [1.29, 1.82) is 0 Å². The third-order valence-corrected chi connectivity index (χ3v) is 3.68. The van der Waals surface area contributed by atoms with Crippen molar-refractivity contribution >= 4 is 17.5 Å². The summed E-state index contributed by atoms with van der Waals surface area (Å²) in [5.41, 5.74) is 0.799. The van der Waals surface area contributed by atoms with E-state index in [1.165, 1.54) is 0 Å². The second kappa shape index (κ2) is 9.45. The Morgan fingerprint density at radius 2 is 2.17 bits per heavy atom. The number of ether oxygens (including phenoxy) is 1. The lowest BCUT2D eigenvalue weighted by Gasteiger charge is -2.07. The normalized spacial score (nSPS) is 11.0. The molecule has 6 heteroatoms. The Morgan fingerprint density at radius 3 is 2.92 bits per heavy atom. The predicted molar refractivity (Wildman–Crippen MR) is 94.0 cm³/mol. The summed E-state index contributed by atoms with van der Waals surface area (Å²) in [6, 6.07) is 7.42. The number of benzene rings is 1. The number of carbonyl (C=O) groups is 1. The summed E-state index contributed by atoms with van der Waals surface area (Å²) in [5, 5.41) is 3.48. The first-order valence-corrected chi connectivity index (χ1v) is 8.52. The van der Waals surface area contributed by atoms with E-state index in [-0.39, 0.29) is 12.0 Å². The third-order valence-electron chi connectivity index (χ3n) is 3.35. The number of hydrogen-bond donors (Lipinski definition) is 1. The van der Waals surface area contributed by atoms with E-state index in [4.69, 9.17) is 20.8 Å². The summed E-state index contributed by atoms with van der Waals surface area (Å²) in [4.78, 5) is 16.0. The monoisotopic (exact) mass is 350 g/mol. The van der Waals surface area contributed by atoms with Crippen molar-refractivity contribution in [3.63, 3.8) is 0 Å². The van der Waals surface area contributed by atoms with E-state index in [1.807, 2.05) is 32.0 Å². The number of halogens is 1. The lowest BCUT2D eigenvalue weighted by Crippen LogP contribution is -2.25. The van der Waals surface area contributed by atoms with Crippen LogP contribution in [-0.2, 0) is 16.0 Å². The van der Waals surface area contributed by atoms with E-state index in [0.717, 1.165) is 12.0 Å². The molecule has 130 valence electrons. The Bertz CT molecular complexity index is 655. The highest BCUT2D eigenvalue weighted by molar-refractivity contribution is 6.33. The largest absolute Gasteiger partial charge is 0.441 e. The fourth-order valence-electron chi connectivity index (χ4n) is 2.14. The number of aryl methyl sites for hydroxylation is 1. The molecule has 0 saturated heterocycles. The lowest BCUT2D eigenvalue weighted by atomic mass is 10.2. The zero-order chi connectivity index (χ0) is 17.4. The number of hydrogen-bond acceptors (Lipinski definition) is 4. The van der Waals surface area contributed by atoms with Crippen LogP contribution in [-0.4, -0.2) is 30.1 Å². The molecule has 0 bridgehead atoms. The minimum absolute atomic E-state index is 0.0166. The number of aromatic nitrogens is 1. The first-order chi connectivity index (χ1) is 11.6. The first-order valence-electron chi connectivity index (χ1n) is 8.14. The van der Waals surface area contributed by atoms with Gasteiger partial charge >= 0.3 is 0 Å². The highest BCUT2D eigenvalue weighted by Gasteiger charge is 2.10. The van der Waals surface area contributed by atoms with E-state index in [0.29, 0.717) is 42.7 Å². The van der Waals surface area contributed by atoms with Gasteiger partial charge in [0.25, 0.3) is 0 Å². The number of nitrogens with zero attached hydrogens (tertiary/aromatic N) is 1. The van der Waals surface area contributed by atoms with E-state index < -0.39 is 0 Å². The number of amides is 1. The minimum Gasteiger partial charge on any atom is -0.441 e. The predicted octanol–water partition coefficient (Wildman–Crippen LogP) is 3.86. The van der Waals surface area contributed by atoms with E-state index in [2.05, 4.69) is 10.3 Å².